The monoisotopic (exact) mass is 280 g/mol. The normalized spacial score (nSPS) is 18.9. The Morgan fingerprint density at radius 3 is 3.10 bits per heavy atom. The molecule has 1 saturated heterocycles. The molecule has 2 rings (SSSR count). The van der Waals surface area contributed by atoms with E-state index in [0.29, 0.717) is 25.6 Å². The van der Waals surface area contributed by atoms with Crippen LogP contribution in [0.15, 0.2) is 6.07 Å². The van der Waals surface area contributed by atoms with Gasteiger partial charge in [0, 0.05) is 32.5 Å². The van der Waals surface area contributed by atoms with Crippen molar-refractivity contribution in [3.63, 3.8) is 0 Å². The summed E-state index contributed by atoms with van der Waals surface area (Å²) in [6.45, 7) is 3.41. The molecule has 1 fully saturated rings. The molecule has 2 heterocycles. The first-order chi connectivity index (χ1) is 9.65. The Hall–Kier alpha value is -1.73. The summed E-state index contributed by atoms with van der Waals surface area (Å²) in [4.78, 5) is 22.7. The fourth-order valence-corrected chi connectivity index (χ4v) is 2.19. The fraction of sp³-hybridized carbons (Fsp3) is 0.615. The average molecular weight is 280 g/mol. The third kappa shape index (κ3) is 3.23. The third-order valence-electron chi connectivity index (χ3n) is 3.14. The summed E-state index contributed by atoms with van der Waals surface area (Å²) in [6.07, 6.45) is 0. The van der Waals surface area contributed by atoms with Crippen molar-refractivity contribution in [1.29, 1.82) is 0 Å². The van der Waals surface area contributed by atoms with Crippen molar-refractivity contribution >= 4 is 11.7 Å². The number of carbonyl (C=O) groups is 1. The molecule has 0 saturated carbocycles. The smallest absolute Gasteiger partial charge is 0.249 e. The van der Waals surface area contributed by atoms with Crippen molar-refractivity contribution in [3.05, 3.63) is 17.6 Å². The Morgan fingerprint density at radius 2 is 2.40 bits per heavy atom. The molecule has 7 nitrogen and oxygen atoms in total. The Morgan fingerprint density at radius 1 is 1.60 bits per heavy atom. The number of methoxy groups -OCH3 is 1. The lowest BCUT2D eigenvalue weighted by Gasteiger charge is -2.34. The highest BCUT2D eigenvalue weighted by Crippen LogP contribution is 2.23. The molecule has 1 aliphatic rings. The van der Waals surface area contributed by atoms with Gasteiger partial charge in [-0.05, 0) is 6.92 Å². The number of aromatic nitrogens is 2. The van der Waals surface area contributed by atoms with Crippen LogP contribution >= 0.6 is 0 Å². The minimum atomic E-state index is -0.265. The van der Waals surface area contributed by atoms with E-state index >= 15 is 0 Å². The lowest BCUT2D eigenvalue weighted by molar-refractivity contribution is -0.144. The molecule has 1 N–H and O–H groups in total. The Balaban J connectivity index is 2.27. The Labute approximate surface area is 118 Å². The van der Waals surface area contributed by atoms with Gasteiger partial charge in [0.15, 0.2) is 5.82 Å². The molecule has 7 heteroatoms. The molecule has 1 aliphatic heterocycles. The van der Waals surface area contributed by atoms with E-state index in [-0.39, 0.29) is 18.6 Å². The number of nitrogens with one attached hydrogen (secondary N) is 1. The summed E-state index contributed by atoms with van der Waals surface area (Å²) in [5.41, 5.74) is 0.851. The first kappa shape index (κ1) is 14.7. The maximum atomic E-state index is 12.1. The summed E-state index contributed by atoms with van der Waals surface area (Å²) in [5.74, 6) is 1.26. The molecular weight excluding hydrogens is 260 g/mol. The van der Waals surface area contributed by atoms with Gasteiger partial charge in [0.25, 0.3) is 0 Å². The minimum Gasteiger partial charge on any atom is -0.377 e. The summed E-state index contributed by atoms with van der Waals surface area (Å²) < 4.78 is 10.4. The summed E-state index contributed by atoms with van der Waals surface area (Å²) >= 11 is 0. The second-order valence-electron chi connectivity index (χ2n) is 4.61. The van der Waals surface area contributed by atoms with Gasteiger partial charge in [0.2, 0.25) is 5.91 Å². The number of amides is 1. The van der Waals surface area contributed by atoms with Gasteiger partial charge in [-0.1, -0.05) is 0 Å². The zero-order valence-electron chi connectivity index (χ0n) is 12.0. The highest BCUT2D eigenvalue weighted by molar-refractivity contribution is 5.78. The van der Waals surface area contributed by atoms with E-state index in [9.17, 15) is 4.79 Å². The van der Waals surface area contributed by atoms with Crippen LogP contribution in [0.2, 0.25) is 0 Å². The number of carbonyl (C=O) groups excluding carboxylic acids is 1. The number of anilines is 1. The van der Waals surface area contributed by atoms with Crippen LogP contribution in [0.5, 0.6) is 0 Å². The molecule has 1 atom stereocenters. The molecule has 0 aromatic carbocycles. The molecular formula is C13H20N4O3. The van der Waals surface area contributed by atoms with E-state index in [1.807, 2.05) is 13.0 Å². The van der Waals surface area contributed by atoms with Crippen molar-refractivity contribution in [2.24, 2.45) is 0 Å². The second kappa shape index (κ2) is 6.62. The molecule has 1 amide bonds. The van der Waals surface area contributed by atoms with Gasteiger partial charge in [-0.3, -0.25) is 4.79 Å². The van der Waals surface area contributed by atoms with Gasteiger partial charge < -0.3 is 19.7 Å². The standard InChI is InChI=1S/C13H20N4O3/c1-9-6-11(14-2)16-13(15-9)10-7-20-5-4-17(10)12(18)8-19-3/h6,10H,4-5,7-8H2,1-3H3,(H,14,15,16)/t10-/m1/s1. The Kier molecular flexibility index (Phi) is 4.86. The lowest BCUT2D eigenvalue weighted by Crippen LogP contribution is -2.45. The highest BCUT2D eigenvalue weighted by atomic mass is 16.5. The van der Waals surface area contributed by atoms with Gasteiger partial charge in [0.05, 0.1) is 13.2 Å². The van der Waals surface area contributed by atoms with Gasteiger partial charge in [-0.25, -0.2) is 9.97 Å². The topological polar surface area (TPSA) is 76.6 Å². The van der Waals surface area contributed by atoms with Crippen molar-refractivity contribution in [2.45, 2.75) is 13.0 Å². The van der Waals surface area contributed by atoms with E-state index in [4.69, 9.17) is 9.47 Å². The van der Waals surface area contributed by atoms with Gasteiger partial charge in [0.1, 0.15) is 18.5 Å². The van der Waals surface area contributed by atoms with Crippen molar-refractivity contribution in [3.8, 4) is 0 Å². The molecule has 0 aliphatic carbocycles. The number of morpholine rings is 1. The van der Waals surface area contributed by atoms with Crippen LogP contribution in [0.1, 0.15) is 17.6 Å². The first-order valence-corrected chi connectivity index (χ1v) is 6.55. The van der Waals surface area contributed by atoms with Crippen LogP contribution in [-0.2, 0) is 14.3 Å². The van der Waals surface area contributed by atoms with Crippen LogP contribution in [0.3, 0.4) is 0 Å². The minimum absolute atomic E-state index is 0.0567. The quantitative estimate of drug-likeness (QED) is 0.859. The zero-order valence-corrected chi connectivity index (χ0v) is 12.0. The highest BCUT2D eigenvalue weighted by Gasteiger charge is 2.30. The third-order valence-corrected chi connectivity index (χ3v) is 3.14. The van der Waals surface area contributed by atoms with E-state index < -0.39 is 0 Å². The van der Waals surface area contributed by atoms with Crippen LogP contribution in [0.25, 0.3) is 0 Å². The maximum absolute atomic E-state index is 12.1. The molecule has 0 unspecified atom stereocenters. The number of aryl methyl sites for hydroxylation is 1. The summed E-state index contributed by atoms with van der Waals surface area (Å²) in [7, 11) is 3.31. The molecule has 0 spiro atoms. The zero-order chi connectivity index (χ0) is 14.5. The van der Waals surface area contributed by atoms with Crippen LogP contribution in [0.4, 0.5) is 5.82 Å². The van der Waals surface area contributed by atoms with Gasteiger partial charge in [-0.2, -0.15) is 0 Å². The fourth-order valence-electron chi connectivity index (χ4n) is 2.19. The number of rotatable bonds is 4. The van der Waals surface area contributed by atoms with Crippen LogP contribution < -0.4 is 5.32 Å². The molecule has 0 bridgehead atoms. The summed E-state index contributed by atoms with van der Waals surface area (Å²) in [6, 6.07) is 1.59. The number of hydrogen-bond acceptors (Lipinski definition) is 6. The van der Waals surface area contributed by atoms with E-state index in [1.54, 1.807) is 11.9 Å². The average Bonchev–Trinajstić information content (AvgIpc) is 2.46. The van der Waals surface area contributed by atoms with Crippen LogP contribution in [-0.4, -0.2) is 61.3 Å². The molecule has 1 aromatic heterocycles. The van der Waals surface area contributed by atoms with Gasteiger partial charge >= 0.3 is 0 Å². The largest absolute Gasteiger partial charge is 0.377 e. The maximum Gasteiger partial charge on any atom is 0.249 e. The van der Waals surface area contributed by atoms with E-state index in [2.05, 4.69) is 15.3 Å². The predicted octanol–water partition coefficient (Wildman–Crippen LogP) is 0.373. The van der Waals surface area contributed by atoms with Gasteiger partial charge in [-0.15, -0.1) is 0 Å². The number of hydrogen-bond donors (Lipinski definition) is 1. The predicted molar refractivity (Wildman–Crippen MR) is 73.5 cm³/mol. The van der Waals surface area contributed by atoms with Crippen molar-refractivity contribution < 1.29 is 14.3 Å². The Bertz CT molecular complexity index is 481. The first-order valence-electron chi connectivity index (χ1n) is 6.55. The van der Waals surface area contributed by atoms with Crippen LogP contribution in [0, 0.1) is 6.92 Å². The van der Waals surface area contributed by atoms with Crippen molar-refractivity contribution in [1.82, 2.24) is 14.9 Å². The second-order valence-corrected chi connectivity index (χ2v) is 4.61. The number of nitrogens with zero attached hydrogens (tertiary/aromatic N) is 3. The lowest BCUT2D eigenvalue weighted by atomic mass is 10.2. The van der Waals surface area contributed by atoms with Crippen molar-refractivity contribution in [2.75, 3.05) is 45.8 Å². The van der Waals surface area contributed by atoms with E-state index in [1.165, 1.54) is 7.11 Å². The molecule has 20 heavy (non-hydrogen) atoms. The number of ether oxygens (including phenoxy) is 2. The molecule has 1 aromatic rings. The SMILES string of the molecule is CNc1cc(C)nc([C@H]2COCCN2C(=O)COC)n1. The van der Waals surface area contributed by atoms with E-state index in [0.717, 1.165) is 11.5 Å². The molecule has 0 radical (unpaired) electrons. The summed E-state index contributed by atoms with van der Waals surface area (Å²) in [5, 5.41) is 3.00. The molecule has 110 valence electrons.